The molecule has 0 radical (unpaired) electrons. The van der Waals surface area contributed by atoms with E-state index >= 15 is 0 Å². The van der Waals surface area contributed by atoms with E-state index in [4.69, 9.17) is 26.8 Å². The van der Waals surface area contributed by atoms with Gasteiger partial charge in [0.15, 0.2) is 5.41 Å². The van der Waals surface area contributed by atoms with Gasteiger partial charge >= 0.3 is 0 Å². The van der Waals surface area contributed by atoms with Crippen molar-refractivity contribution in [3.8, 4) is 29.7 Å². The molecule has 7 heteroatoms. The molecular weight excluding hydrogens is 448 g/mol. The number of fused-ring (bicyclic) bond motifs is 1. The van der Waals surface area contributed by atoms with Crippen LogP contribution in [-0.2, 0) is 6.61 Å². The second-order valence-electron chi connectivity index (χ2n) is 8.42. The van der Waals surface area contributed by atoms with Crippen molar-refractivity contribution in [2.24, 2.45) is 17.1 Å². The number of halogens is 1. The molecule has 170 valence electrons. The second kappa shape index (κ2) is 9.52. The van der Waals surface area contributed by atoms with Crippen molar-refractivity contribution >= 4 is 11.6 Å². The molecular formula is C27H23ClN4O2. The lowest BCUT2D eigenvalue weighted by Crippen LogP contribution is -2.42. The first kappa shape index (κ1) is 23.2. The molecule has 2 aromatic carbocycles. The zero-order valence-corrected chi connectivity index (χ0v) is 19.5. The summed E-state index contributed by atoms with van der Waals surface area (Å²) in [7, 11) is 1.58. The Bertz CT molecular complexity index is 1280. The summed E-state index contributed by atoms with van der Waals surface area (Å²) in [5.74, 6) is 0.606. The van der Waals surface area contributed by atoms with Crippen molar-refractivity contribution in [1.82, 2.24) is 0 Å². The van der Waals surface area contributed by atoms with Crippen LogP contribution in [0.1, 0.15) is 36.3 Å². The maximum Gasteiger partial charge on any atom is 0.191 e. The Morgan fingerprint density at radius 1 is 1.12 bits per heavy atom. The maximum atomic E-state index is 10.2. The number of nitrogens with two attached hydrogens (primary N) is 1. The van der Waals surface area contributed by atoms with Crippen molar-refractivity contribution in [3.63, 3.8) is 0 Å². The first-order valence-corrected chi connectivity index (χ1v) is 11.3. The molecule has 34 heavy (non-hydrogen) atoms. The highest BCUT2D eigenvalue weighted by Crippen LogP contribution is 2.56. The highest BCUT2D eigenvalue weighted by molar-refractivity contribution is 6.30. The first-order chi connectivity index (χ1) is 16.5. The van der Waals surface area contributed by atoms with Gasteiger partial charge in [-0.15, -0.1) is 0 Å². The first-order valence-electron chi connectivity index (χ1n) is 11.0. The van der Waals surface area contributed by atoms with E-state index in [1.54, 1.807) is 31.4 Å². The number of hydrogen-bond donors (Lipinski definition) is 1. The van der Waals surface area contributed by atoms with Crippen LogP contribution in [0.2, 0.25) is 5.02 Å². The molecule has 2 N–H and O–H groups in total. The monoisotopic (exact) mass is 470 g/mol. The van der Waals surface area contributed by atoms with Gasteiger partial charge in [0.2, 0.25) is 0 Å². The van der Waals surface area contributed by atoms with Crippen LogP contribution in [-0.4, -0.2) is 7.11 Å². The van der Waals surface area contributed by atoms with Gasteiger partial charge in [0.1, 0.15) is 24.2 Å². The fraction of sp³-hybridized carbons (Fsp3) is 0.296. The molecule has 6 nitrogen and oxygen atoms in total. The van der Waals surface area contributed by atoms with Gasteiger partial charge in [-0.2, -0.15) is 15.8 Å². The van der Waals surface area contributed by atoms with E-state index in [0.717, 1.165) is 36.0 Å². The van der Waals surface area contributed by atoms with E-state index in [1.807, 2.05) is 24.3 Å². The third-order valence-corrected chi connectivity index (χ3v) is 6.92. The highest BCUT2D eigenvalue weighted by atomic mass is 35.5. The fourth-order valence-corrected chi connectivity index (χ4v) is 5.17. The smallest absolute Gasteiger partial charge is 0.191 e. The quantitative estimate of drug-likeness (QED) is 0.614. The lowest BCUT2D eigenvalue weighted by molar-refractivity contribution is 0.294. The molecule has 0 saturated carbocycles. The SMILES string of the molecule is COc1ccc([C@H]2[C@@H]3CCCC=C3C(C#N)=C(N)C2(C#N)C#N)cc1COc1ccc(Cl)cc1. The molecule has 4 rings (SSSR count). The van der Waals surface area contributed by atoms with Crippen LogP contribution in [0.15, 0.2) is 65.4 Å². The number of ether oxygens (including phenoxy) is 2. The molecule has 2 aliphatic rings. The number of allylic oxidation sites excluding steroid dienone is 4. The van der Waals surface area contributed by atoms with Crippen LogP contribution >= 0.6 is 11.6 Å². The summed E-state index contributed by atoms with van der Waals surface area (Å²) in [4.78, 5) is 0. The molecule has 0 fully saturated rings. The zero-order chi connectivity index (χ0) is 24.3. The minimum absolute atomic E-state index is 0.0317. The molecule has 0 aromatic heterocycles. The number of rotatable bonds is 5. The minimum Gasteiger partial charge on any atom is -0.496 e. The van der Waals surface area contributed by atoms with Crippen LogP contribution < -0.4 is 15.2 Å². The topological polar surface area (TPSA) is 116 Å². The number of hydrogen-bond acceptors (Lipinski definition) is 6. The summed E-state index contributed by atoms with van der Waals surface area (Å²) < 4.78 is 11.5. The number of nitriles is 3. The standard InChI is InChI=1S/C27H23ClN4O2/c1-33-24-11-6-17(12-18(24)14-34-20-9-7-19(28)8-10-20)25-22-5-3-2-4-21(22)23(13-29)26(32)27(25,15-30)16-31/h4,6-12,22,25H,2-3,5,14,32H2,1H3/t22-,25+/m1/s1. The number of benzene rings is 2. The predicted molar refractivity (Wildman–Crippen MR) is 127 cm³/mol. The Morgan fingerprint density at radius 2 is 1.85 bits per heavy atom. The summed E-state index contributed by atoms with van der Waals surface area (Å²) >= 11 is 5.96. The molecule has 2 aromatic rings. The fourth-order valence-electron chi connectivity index (χ4n) is 5.05. The average molecular weight is 471 g/mol. The molecule has 0 bridgehead atoms. The van der Waals surface area contributed by atoms with Crippen LogP contribution in [0, 0.1) is 45.3 Å². The molecule has 0 unspecified atom stereocenters. The molecule has 2 atom stereocenters. The largest absolute Gasteiger partial charge is 0.496 e. The van der Waals surface area contributed by atoms with Gasteiger partial charge in [0, 0.05) is 16.5 Å². The normalized spacial score (nSPS) is 20.7. The Hall–Kier alpha value is -3.92. The van der Waals surface area contributed by atoms with Gasteiger partial charge < -0.3 is 15.2 Å². The van der Waals surface area contributed by atoms with Crippen molar-refractivity contribution in [2.75, 3.05) is 7.11 Å². The van der Waals surface area contributed by atoms with E-state index in [0.29, 0.717) is 16.5 Å². The van der Waals surface area contributed by atoms with Crippen LogP contribution in [0.3, 0.4) is 0 Å². The lowest BCUT2D eigenvalue weighted by Gasteiger charge is -2.43. The van der Waals surface area contributed by atoms with Crippen molar-refractivity contribution in [1.29, 1.82) is 15.8 Å². The molecule has 2 aliphatic carbocycles. The summed E-state index contributed by atoms with van der Waals surface area (Å²) in [5.41, 5.74) is 7.43. The highest BCUT2D eigenvalue weighted by Gasteiger charge is 2.53. The number of nitrogens with zero attached hydrogens (tertiary/aromatic N) is 3. The minimum atomic E-state index is -1.65. The van der Waals surface area contributed by atoms with Gasteiger partial charge in [0.25, 0.3) is 0 Å². The molecule has 0 saturated heterocycles. The van der Waals surface area contributed by atoms with Gasteiger partial charge in [-0.25, -0.2) is 0 Å². The van der Waals surface area contributed by atoms with Crippen LogP contribution in [0.4, 0.5) is 0 Å². The summed E-state index contributed by atoms with van der Waals surface area (Å²) in [6.45, 7) is 0.222. The van der Waals surface area contributed by atoms with Crippen molar-refractivity contribution in [2.45, 2.75) is 31.8 Å². The molecule has 0 heterocycles. The molecule has 0 aliphatic heterocycles. The lowest BCUT2D eigenvalue weighted by atomic mass is 9.56. The average Bonchev–Trinajstić information content (AvgIpc) is 2.87. The third-order valence-electron chi connectivity index (χ3n) is 6.67. The Kier molecular flexibility index (Phi) is 6.51. The van der Waals surface area contributed by atoms with E-state index in [-0.39, 0.29) is 23.8 Å². The summed E-state index contributed by atoms with van der Waals surface area (Å²) in [5, 5.41) is 30.8. The third kappa shape index (κ3) is 3.86. The Labute approximate surface area is 204 Å². The van der Waals surface area contributed by atoms with Crippen molar-refractivity contribution in [3.05, 3.63) is 81.5 Å². The van der Waals surface area contributed by atoms with E-state index in [9.17, 15) is 15.8 Å². The van der Waals surface area contributed by atoms with Crippen LogP contribution in [0.5, 0.6) is 11.5 Å². The van der Waals surface area contributed by atoms with Gasteiger partial charge in [-0.05, 0) is 72.7 Å². The second-order valence-corrected chi connectivity index (χ2v) is 8.86. The van der Waals surface area contributed by atoms with E-state index in [1.165, 1.54) is 0 Å². The summed E-state index contributed by atoms with van der Waals surface area (Å²) in [6.07, 6.45) is 4.55. The van der Waals surface area contributed by atoms with Gasteiger partial charge in [0.05, 0.1) is 30.5 Å². The zero-order valence-electron chi connectivity index (χ0n) is 18.7. The Balaban J connectivity index is 1.80. The number of methoxy groups -OCH3 is 1. The van der Waals surface area contributed by atoms with Crippen molar-refractivity contribution < 1.29 is 9.47 Å². The predicted octanol–water partition coefficient (Wildman–Crippen LogP) is 5.52. The van der Waals surface area contributed by atoms with E-state index < -0.39 is 11.3 Å². The molecule has 0 amide bonds. The van der Waals surface area contributed by atoms with Gasteiger partial charge in [-0.1, -0.05) is 23.7 Å². The van der Waals surface area contributed by atoms with Crippen LogP contribution in [0.25, 0.3) is 0 Å². The summed E-state index contributed by atoms with van der Waals surface area (Å²) in [6, 6.07) is 19.2. The molecule has 0 spiro atoms. The van der Waals surface area contributed by atoms with Gasteiger partial charge in [-0.3, -0.25) is 0 Å². The maximum absolute atomic E-state index is 10.2. The Morgan fingerprint density at radius 3 is 2.50 bits per heavy atom. The van der Waals surface area contributed by atoms with E-state index in [2.05, 4.69) is 18.2 Å².